The van der Waals surface area contributed by atoms with Crippen LogP contribution in [0.2, 0.25) is 0 Å². The Labute approximate surface area is 141 Å². The number of H-pyrrole nitrogens is 1. The molecule has 0 aliphatic rings. The minimum atomic E-state index is -0.531. The molecule has 25 heavy (non-hydrogen) atoms. The lowest BCUT2D eigenvalue weighted by atomic mass is 10.0. The Kier molecular flexibility index (Phi) is 3.53. The highest BCUT2D eigenvalue weighted by Gasteiger charge is 2.18. The van der Waals surface area contributed by atoms with Gasteiger partial charge in [0.05, 0.1) is 6.67 Å². The lowest BCUT2D eigenvalue weighted by molar-refractivity contribution is 0.100. The highest BCUT2D eigenvalue weighted by molar-refractivity contribution is 6.25. The van der Waals surface area contributed by atoms with Gasteiger partial charge in [-0.3, -0.25) is 14.0 Å². The van der Waals surface area contributed by atoms with Crippen molar-refractivity contribution in [1.82, 2.24) is 9.55 Å². The van der Waals surface area contributed by atoms with E-state index in [1.807, 2.05) is 22.8 Å². The minimum absolute atomic E-state index is 0.194. The van der Waals surface area contributed by atoms with Crippen LogP contribution in [-0.2, 0) is 6.54 Å². The van der Waals surface area contributed by atoms with Crippen LogP contribution in [0.5, 0.6) is 0 Å². The number of alkyl halides is 1. The van der Waals surface area contributed by atoms with Crippen LogP contribution in [0.4, 0.5) is 4.39 Å². The zero-order valence-electron chi connectivity index (χ0n) is 13.4. The molecule has 0 saturated heterocycles. The number of primary amides is 1. The summed E-state index contributed by atoms with van der Waals surface area (Å²) < 4.78 is 14.7. The molecule has 5 nitrogen and oxygen atoms in total. The summed E-state index contributed by atoms with van der Waals surface area (Å²) in [5, 5.41) is 2.80. The summed E-state index contributed by atoms with van der Waals surface area (Å²) in [6.07, 6.45) is 1.95. The van der Waals surface area contributed by atoms with Gasteiger partial charge < -0.3 is 15.3 Å². The van der Waals surface area contributed by atoms with Crippen molar-refractivity contribution in [3.8, 4) is 0 Å². The number of carbonyl (C=O) groups is 1. The number of nitrogens with one attached hydrogen (secondary N) is 1. The molecule has 2 aromatic heterocycles. The smallest absolute Gasteiger partial charge is 0.255 e. The molecule has 0 unspecified atom stereocenters. The standard InChI is InChI=1S/C19H16FN3O2/c20-8-2-10-23-14-4-1-3-13(18(21)24)17(14)16-11-7-9-22-19(25)12(11)5-6-15(16)23/h1,3-7,9H,2,8,10H2,(H2,21,24)(H,22,25). The van der Waals surface area contributed by atoms with Gasteiger partial charge in [0.2, 0.25) is 5.91 Å². The molecule has 4 rings (SSSR count). The van der Waals surface area contributed by atoms with Crippen molar-refractivity contribution in [2.45, 2.75) is 13.0 Å². The Balaban J connectivity index is 2.28. The zero-order valence-corrected chi connectivity index (χ0v) is 13.4. The Morgan fingerprint density at radius 1 is 1.08 bits per heavy atom. The number of rotatable bonds is 4. The van der Waals surface area contributed by atoms with Crippen LogP contribution < -0.4 is 11.3 Å². The van der Waals surface area contributed by atoms with E-state index in [9.17, 15) is 14.0 Å². The molecule has 126 valence electrons. The summed E-state index contributed by atoms with van der Waals surface area (Å²) in [5.41, 5.74) is 7.45. The lowest BCUT2D eigenvalue weighted by Crippen LogP contribution is -2.11. The summed E-state index contributed by atoms with van der Waals surface area (Å²) in [6.45, 7) is 0.0529. The number of amides is 1. The Morgan fingerprint density at radius 3 is 2.64 bits per heavy atom. The van der Waals surface area contributed by atoms with E-state index in [2.05, 4.69) is 4.98 Å². The summed E-state index contributed by atoms with van der Waals surface area (Å²) in [7, 11) is 0. The average molecular weight is 337 g/mol. The van der Waals surface area contributed by atoms with Crippen LogP contribution in [-0.4, -0.2) is 22.1 Å². The molecule has 0 saturated carbocycles. The second-order valence-corrected chi connectivity index (χ2v) is 5.99. The SMILES string of the molecule is NC(=O)c1cccc2c1c1c3cc[nH]c(=O)c3ccc1n2CCCF. The third-order valence-corrected chi connectivity index (χ3v) is 4.59. The molecule has 2 heterocycles. The molecule has 0 fully saturated rings. The van der Waals surface area contributed by atoms with Crippen LogP contribution in [0.1, 0.15) is 16.8 Å². The van der Waals surface area contributed by atoms with Crippen molar-refractivity contribution in [3.05, 3.63) is 58.5 Å². The van der Waals surface area contributed by atoms with Crippen LogP contribution in [0.15, 0.2) is 47.4 Å². The van der Waals surface area contributed by atoms with Gasteiger partial charge in [-0.15, -0.1) is 0 Å². The number of aromatic nitrogens is 2. The molecule has 1 amide bonds. The van der Waals surface area contributed by atoms with Crippen LogP contribution in [0.3, 0.4) is 0 Å². The molecule has 0 bridgehead atoms. The number of hydrogen-bond acceptors (Lipinski definition) is 2. The first-order valence-electron chi connectivity index (χ1n) is 8.04. The zero-order chi connectivity index (χ0) is 17.6. The number of aryl methyl sites for hydroxylation is 1. The number of nitrogens with zero attached hydrogens (tertiary/aromatic N) is 1. The number of nitrogens with two attached hydrogens (primary N) is 1. The second-order valence-electron chi connectivity index (χ2n) is 5.99. The van der Waals surface area contributed by atoms with E-state index in [1.54, 1.807) is 24.4 Å². The summed E-state index contributed by atoms with van der Waals surface area (Å²) in [5.74, 6) is -0.531. The van der Waals surface area contributed by atoms with Crippen molar-refractivity contribution in [2.24, 2.45) is 5.73 Å². The minimum Gasteiger partial charge on any atom is -0.366 e. The van der Waals surface area contributed by atoms with E-state index >= 15 is 0 Å². The number of pyridine rings is 1. The van der Waals surface area contributed by atoms with Crippen LogP contribution in [0.25, 0.3) is 32.6 Å². The van der Waals surface area contributed by atoms with Crippen LogP contribution in [0, 0.1) is 0 Å². The van der Waals surface area contributed by atoms with Gasteiger partial charge in [-0.1, -0.05) is 6.07 Å². The molecule has 4 aromatic rings. The molecule has 2 aromatic carbocycles. The predicted molar refractivity (Wildman–Crippen MR) is 96.7 cm³/mol. The number of hydrogen-bond donors (Lipinski definition) is 2. The van der Waals surface area contributed by atoms with E-state index in [1.165, 1.54) is 0 Å². The Hall–Kier alpha value is -3.15. The van der Waals surface area contributed by atoms with E-state index in [0.717, 1.165) is 21.8 Å². The number of aromatic amines is 1. The largest absolute Gasteiger partial charge is 0.366 e. The second kappa shape index (κ2) is 5.73. The maximum Gasteiger partial charge on any atom is 0.255 e. The van der Waals surface area contributed by atoms with Gasteiger partial charge in [-0.05, 0) is 42.1 Å². The van der Waals surface area contributed by atoms with E-state index in [0.29, 0.717) is 29.3 Å². The summed E-state index contributed by atoms with van der Waals surface area (Å²) >= 11 is 0. The Morgan fingerprint density at radius 2 is 1.88 bits per heavy atom. The van der Waals surface area contributed by atoms with E-state index < -0.39 is 12.6 Å². The highest BCUT2D eigenvalue weighted by atomic mass is 19.1. The first-order valence-corrected chi connectivity index (χ1v) is 8.04. The first-order chi connectivity index (χ1) is 12.1. The summed E-state index contributed by atoms with van der Waals surface area (Å²) in [4.78, 5) is 26.8. The molecule has 0 radical (unpaired) electrons. The molecule has 0 aliphatic heterocycles. The predicted octanol–water partition coefficient (Wildman–Crippen LogP) is 3.09. The summed E-state index contributed by atoms with van der Waals surface area (Å²) in [6, 6.07) is 10.7. The average Bonchev–Trinajstić information content (AvgIpc) is 2.94. The number of carbonyl (C=O) groups excluding carboxylic acids is 1. The lowest BCUT2D eigenvalue weighted by Gasteiger charge is -2.06. The van der Waals surface area contributed by atoms with Crippen molar-refractivity contribution in [3.63, 3.8) is 0 Å². The number of fused-ring (bicyclic) bond motifs is 5. The molecular formula is C19H16FN3O2. The fraction of sp³-hybridized carbons (Fsp3) is 0.158. The molecule has 6 heteroatoms. The quantitative estimate of drug-likeness (QED) is 0.600. The third-order valence-electron chi connectivity index (χ3n) is 4.59. The maximum absolute atomic E-state index is 12.8. The highest BCUT2D eigenvalue weighted by Crippen LogP contribution is 2.35. The van der Waals surface area contributed by atoms with Gasteiger partial charge in [-0.2, -0.15) is 0 Å². The molecule has 3 N–H and O–H groups in total. The molecule has 0 spiro atoms. The fourth-order valence-electron chi connectivity index (χ4n) is 3.57. The molecule has 0 atom stereocenters. The van der Waals surface area contributed by atoms with Crippen molar-refractivity contribution >= 4 is 38.5 Å². The molecule has 0 aliphatic carbocycles. The van der Waals surface area contributed by atoms with Gasteiger partial charge in [0.1, 0.15) is 0 Å². The van der Waals surface area contributed by atoms with Crippen molar-refractivity contribution in [2.75, 3.05) is 6.67 Å². The van der Waals surface area contributed by atoms with Crippen molar-refractivity contribution < 1.29 is 9.18 Å². The number of benzene rings is 2. The van der Waals surface area contributed by atoms with Gasteiger partial charge in [0.25, 0.3) is 5.56 Å². The molecular weight excluding hydrogens is 321 g/mol. The van der Waals surface area contributed by atoms with Crippen LogP contribution >= 0.6 is 0 Å². The van der Waals surface area contributed by atoms with Crippen molar-refractivity contribution in [1.29, 1.82) is 0 Å². The van der Waals surface area contributed by atoms with E-state index in [4.69, 9.17) is 5.73 Å². The first kappa shape index (κ1) is 15.4. The van der Waals surface area contributed by atoms with Gasteiger partial charge in [-0.25, -0.2) is 0 Å². The Bertz CT molecular complexity index is 1190. The van der Waals surface area contributed by atoms with Gasteiger partial charge >= 0.3 is 0 Å². The van der Waals surface area contributed by atoms with Gasteiger partial charge in [0.15, 0.2) is 0 Å². The normalized spacial score (nSPS) is 11.6. The third kappa shape index (κ3) is 2.21. The monoisotopic (exact) mass is 337 g/mol. The maximum atomic E-state index is 12.8. The van der Waals surface area contributed by atoms with Gasteiger partial charge in [0, 0.05) is 45.5 Å². The number of halogens is 1. The fourth-order valence-corrected chi connectivity index (χ4v) is 3.57. The van der Waals surface area contributed by atoms with E-state index in [-0.39, 0.29) is 5.56 Å². The topological polar surface area (TPSA) is 80.9 Å².